The Hall–Kier alpha value is -1.33. The summed E-state index contributed by atoms with van der Waals surface area (Å²) in [7, 11) is 0. The first-order valence-electron chi connectivity index (χ1n) is 7.25. The summed E-state index contributed by atoms with van der Waals surface area (Å²) in [5.74, 6) is 0.804. The lowest BCUT2D eigenvalue weighted by molar-refractivity contribution is 0.103. The molecular formula is C17H24N2. The monoisotopic (exact) mass is 256 g/mol. The number of hydrogen-bond acceptors (Lipinski definition) is 2. The minimum atomic E-state index is -0.366. The molecule has 1 saturated heterocycles. The molecule has 0 N–H and O–H groups in total. The lowest BCUT2D eigenvalue weighted by atomic mass is 9.88. The fourth-order valence-corrected chi connectivity index (χ4v) is 2.83. The maximum Gasteiger partial charge on any atom is 0.110 e. The van der Waals surface area contributed by atoms with Gasteiger partial charge in [-0.3, -0.25) is 4.90 Å². The van der Waals surface area contributed by atoms with Crippen LogP contribution in [-0.2, 0) is 6.42 Å². The standard InChI is InChI=1S/C17H24N2/c1-14-4-6-16(7-5-14)12-17(3,13-18)19-10-8-15(2)9-11-19/h4-7,15H,8-12H2,1-3H3. The van der Waals surface area contributed by atoms with E-state index < -0.39 is 0 Å². The quantitative estimate of drug-likeness (QED) is 0.827. The van der Waals surface area contributed by atoms with E-state index in [0.717, 1.165) is 25.4 Å². The molecule has 0 spiro atoms. The van der Waals surface area contributed by atoms with Crippen molar-refractivity contribution in [1.29, 1.82) is 5.26 Å². The van der Waals surface area contributed by atoms with E-state index >= 15 is 0 Å². The summed E-state index contributed by atoms with van der Waals surface area (Å²) < 4.78 is 0. The first-order valence-corrected chi connectivity index (χ1v) is 7.25. The first-order chi connectivity index (χ1) is 9.03. The molecule has 0 radical (unpaired) electrons. The van der Waals surface area contributed by atoms with E-state index in [1.165, 1.54) is 24.0 Å². The first kappa shape index (κ1) is 14.1. The van der Waals surface area contributed by atoms with Gasteiger partial charge in [0.05, 0.1) is 6.07 Å². The number of aryl methyl sites for hydroxylation is 1. The second kappa shape index (κ2) is 5.75. The van der Waals surface area contributed by atoms with Crippen LogP contribution < -0.4 is 0 Å². The largest absolute Gasteiger partial charge is 0.285 e. The van der Waals surface area contributed by atoms with Crippen molar-refractivity contribution in [3.8, 4) is 6.07 Å². The maximum absolute atomic E-state index is 9.63. The highest BCUT2D eigenvalue weighted by atomic mass is 15.2. The van der Waals surface area contributed by atoms with E-state index in [4.69, 9.17) is 0 Å². The van der Waals surface area contributed by atoms with Crippen molar-refractivity contribution in [1.82, 2.24) is 4.90 Å². The molecule has 102 valence electrons. The molecule has 19 heavy (non-hydrogen) atoms. The molecule has 1 atom stereocenters. The van der Waals surface area contributed by atoms with Crippen molar-refractivity contribution < 1.29 is 0 Å². The fraction of sp³-hybridized carbons (Fsp3) is 0.588. The van der Waals surface area contributed by atoms with Crippen LogP contribution in [0, 0.1) is 24.2 Å². The topological polar surface area (TPSA) is 27.0 Å². The zero-order chi connectivity index (χ0) is 13.9. The van der Waals surface area contributed by atoms with Gasteiger partial charge in [-0.05, 0) is 51.3 Å². The summed E-state index contributed by atoms with van der Waals surface area (Å²) in [6.45, 7) is 8.59. The van der Waals surface area contributed by atoms with Crippen molar-refractivity contribution >= 4 is 0 Å². The van der Waals surface area contributed by atoms with Gasteiger partial charge in [-0.2, -0.15) is 5.26 Å². The van der Waals surface area contributed by atoms with Gasteiger partial charge in [0.25, 0.3) is 0 Å². The van der Waals surface area contributed by atoms with E-state index in [1.54, 1.807) is 0 Å². The van der Waals surface area contributed by atoms with Crippen LogP contribution in [-0.4, -0.2) is 23.5 Å². The molecule has 0 amide bonds. The zero-order valence-corrected chi connectivity index (χ0v) is 12.3. The van der Waals surface area contributed by atoms with Crippen LogP contribution >= 0.6 is 0 Å². The summed E-state index contributed by atoms with van der Waals surface area (Å²) in [4.78, 5) is 2.37. The van der Waals surface area contributed by atoms with Gasteiger partial charge in [-0.25, -0.2) is 0 Å². The van der Waals surface area contributed by atoms with Crippen LogP contribution in [0.3, 0.4) is 0 Å². The third-order valence-corrected chi connectivity index (χ3v) is 4.39. The summed E-state index contributed by atoms with van der Waals surface area (Å²) >= 11 is 0. The Balaban J connectivity index is 2.09. The molecular weight excluding hydrogens is 232 g/mol. The summed E-state index contributed by atoms with van der Waals surface area (Å²) in [6, 6.07) is 11.1. The molecule has 2 rings (SSSR count). The highest BCUT2D eigenvalue weighted by molar-refractivity contribution is 5.25. The highest BCUT2D eigenvalue weighted by Crippen LogP contribution is 2.26. The molecule has 1 aromatic rings. The van der Waals surface area contributed by atoms with Crippen LogP contribution in [0.1, 0.15) is 37.8 Å². The normalized spacial score (nSPS) is 20.7. The van der Waals surface area contributed by atoms with Crippen LogP contribution in [0.25, 0.3) is 0 Å². The molecule has 0 aliphatic carbocycles. The lowest BCUT2D eigenvalue weighted by Crippen LogP contribution is -2.50. The van der Waals surface area contributed by atoms with Gasteiger partial charge in [0, 0.05) is 6.42 Å². The molecule has 0 saturated carbocycles. The second-order valence-electron chi connectivity index (χ2n) is 6.22. The number of hydrogen-bond donors (Lipinski definition) is 0. The summed E-state index contributed by atoms with van der Waals surface area (Å²) in [6.07, 6.45) is 3.24. The number of benzene rings is 1. The molecule has 2 heteroatoms. The Morgan fingerprint density at radius 3 is 2.37 bits per heavy atom. The van der Waals surface area contributed by atoms with Gasteiger partial charge < -0.3 is 0 Å². The van der Waals surface area contributed by atoms with Gasteiger partial charge in [0.15, 0.2) is 0 Å². The summed E-state index contributed by atoms with van der Waals surface area (Å²) in [5, 5.41) is 9.63. The maximum atomic E-state index is 9.63. The van der Waals surface area contributed by atoms with Crippen LogP contribution in [0.4, 0.5) is 0 Å². The Bertz CT molecular complexity index is 449. The Morgan fingerprint density at radius 2 is 1.84 bits per heavy atom. The average molecular weight is 256 g/mol. The van der Waals surface area contributed by atoms with Crippen LogP contribution in [0.15, 0.2) is 24.3 Å². The number of piperidine rings is 1. The van der Waals surface area contributed by atoms with Gasteiger partial charge in [0.2, 0.25) is 0 Å². The zero-order valence-electron chi connectivity index (χ0n) is 12.3. The predicted octanol–water partition coefficient (Wildman–Crippen LogP) is 3.55. The van der Waals surface area contributed by atoms with Crippen LogP contribution in [0.2, 0.25) is 0 Å². The third kappa shape index (κ3) is 3.36. The molecule has 1 aromatic carbocycles. The molecule has 1 unspecified atom stereocenters. The summed E-state index contributed by atoms with van der Waals surface area (Å²) in [5.41, 5.74) is 2.16. The molecule has 0 aromatic heterocycles. The third-order valence-electron chi connectivity index (χ3n) is 4.39. The van der Waals surface area contributed by atoms with E-state index in [-0.39, 0.29) is 5.54 Å². The highest BCUT2D eigenvalue weighted by Gasteiger charge is 2.34. The molecule has 1 aliphatic heterocycles. The Morgan fingerprint density at radius 1 is 1.26 bits per heavy atom. The van der Waals surface area contributed by atoms with Crippen molar-refractivity contribution in [2.24, 2.45) is 5.92 Å². The lowest BCUT2D eigenvalue weighted by Gasteiger charge is -2.40. The van der Waals surface area contributed by atoms with Gasteiger partial charge in [0.1, 0.15) is 5.54 Å². The predicted molar refractivity (Wildman–Crippen MR) is 78.9 cm³/mol. The van der Waals surface area contributed by atoms with Gasteiger partial charge in [-0.1, -0.05) is 36.8 Å². The van der Waals surface area contributed by atoms with Gasteiger partial charge in [-0.15, -0.1) is 0 Å². The molecule has 1 aliphatic rings. The SMILES string of the molecule is Cc1ccc(CC(C)(C#N)N2CCC(C)CC2)cc1. The van der Waals surface area contributed by atoms with E-state index in [1.807, 2.05) is 0 Å². The molecule has 1 heterocycles. The number of nitriles is 1. The van der Waals surface area contributed by atoms with E-state index in [9.17, 15) is 5.26 Å². The van der Waals surface area contributed by atoms with Crippen molar-refractivity contribution in [2.75, 3.05) is 13.1 Å². The Kier molecular flexibility index (Phi) is 4.27. The van der Waals surface area contributed by atoms with Crippen molar-refractivity contribution in [3.05, 3.63) is 35.4 Å². The van der Waals surface area contributed by atoms with E-state index in [0.29, 0.717) is 0 Å². The van der Waals surface area contributed by atoms with Gasteiger partial charge >= 0.3 is 0 Å². The second-order valence-corrected chi connectivity index (χ2v) is 6.22. The minimum Gasteiger partial charge on any atom is -0.285 e. The van der Waals surface area contributed by atoms with Crippen molar-refractivity contribution in [3.63, 3.8) is 0 Å². The fourth-order valence-electron chi connectivity index (χ4n) is 2.83. The average Bonchev–Trinajstić information content (AvgIpc) is 2.42. The number of rotatable bonds is 3. The van der Waals surface area contributed by atoms with Crippen LogP contribution in [0.5, 0.6) is 0 Å². The molecule has 1 fully saturated rings. The Labute approximate surface area is 117 Å². The number of likely N-dealkylation sites (tertiary alicyclic amines) is 1. The van der Waals surface area contributed by atoms with Crippen molar-refractivity contribution in [2.45, 2.75) is 45.6 Å². The van der Waals surface area contributed by atoms with E-state index in [2.05, 4.69) is 56.0 Å². The number of nitrogens with zero attached hydrogens (tertiary/aromatic N) is 2. The smallest absolute Gasteiger partial charge is 0.110 e. The minimum absolute atomic E-state index is 0.366. The molecule has 2 nitrogen and oxygen atoms in total. The molecule has 0 bridgehead atoms.